The fraction of sp³-hybridized carbons (Fsp3) is 0.308. The van der Waals surface area contributed by atoms with Crippen molar-refractivity contribution in [3.63, 3.8) is 0 Å². The SMILES string of the molecule is COCCn1ncc(Br)c1C(O)c1cc(Cl)ccc1I. The Bertz CT molecular complexity index is 606. The maximum Gasteiger partial charge on any atom is 0.123 e. The monoisotopic (exact) mass is 470 g/mol. The zero-order chi connectivity index (χ0) is 14.7. The van der Waals surface area contributed by atoms with Crippen molar-refractivity contribution in [2.45, 2.75) is 12.6 Å². The molecular weight excluding hydrogens is 458 g/mol. The number of hydrogen-bond donors (Lipinski definition) is 1. The number of aliphatic hydroxyl groups excluding tert-OH is 1. The fourth-order valence-electron chi connectivity index (χ4n) is 1.87. The Kier molecular flexibility index (Phi) is 5.85. The number of aliphatic hydroxyl groups is 1. The molecule has 7 heteroatoms. The van der Waals surface area contributed by atoms with Gasteiger partial charge in [-0.1, -0.05) is 11.6 Å². The minimum Gasteiger partial charge on any atom is -0.383 e. The Morgan fingerprint density at radius 3 is 3.00 bits per heavy atom. The average Bonchev–Trinajstić information content (AvgIpc) is 2.79. The van der Waals surface area contributed by atoms with E-state index in [-0.39, 0.29) is 0 Å². The van der Waals surface area contributed by atoms with Gasteiger partial charge in [-0.25, -0.2) is 0 Å². The number of rotatable bonds is 5. The van der Waals surface area contributed by atoms with Crippen LogP contribution >= 0.6 is 50.1 Å². The molecule has 0 bridgehead atoms. The van der Waals surface area contributed by atoms with Crippen LogP contribution in [0, 0.1) is 3.57 Å². The van der Waals surface area contributed by atoms with E-state index in [4.69, 9.17) is 16.3 Å². The van der Waals surface area contributed by atoms with Gasteiger partial charge in [0.1, 0.15) is 6.10 Å². The molecule has 0 fully saturated rings. The van der Waals surface area contributed by atoms with Crippen LogP contribution in [0.15, 0.2) is 28.9 Å². The van der Waals surface area contributed by atoms with E-state index in [1.807, 2.05) is 6.07 Å². The minimum absolute atomic E-state index is 0.528. The van der Waals surface area contributed by atoms with Crippen LogP contribution < -0.4 is 0 Å². The second kappa shape index (κ2) is 7.22. The summed E-state index contributed by atoms with van der Waals surface area (Å²) in [7, 11) is 1.63. The van der Waals surface area contributed by atoms with E-state index in [1.165, 1.54) is 0 Å². The molecule has 0 aliphatic heterocycles. The van der Waals surface area contributed by atoms with E-state index < -0.39 is 6.10 Å². The first-order valence-corrected chi connectivity index (χ1v) is 8.12. The van der Waals surface area contributed by atoms with E-state index in [9.17, 15) is 5.11 Å². The van der Waals surface area contributed by atoms with Crippen molar-refractivity contribution in [1.29, 1.82) is 0 Å². The smallest absolute Gasteiger partial charge is 0.123 e. The molecule has 1 aromatic heterocycles. The van der Waals surface area contributed by atoms with Gasteiger partial charge in [0.25, 0.3) is 0 Å². The van der Waals surface area contributed by atoms with Crippen molar-refractivity contribution in [3.05, 3.63) is 48.7 Å². The van der Waals surface area contributed by atoms with Gasteiger partial charge in [0.05, 0.1) is 29.5 Å². The molecule has 108 valence electrons. The number of ether oxygens (including phenoxy) is 1. The van der Waals surface area contributed by atoms with Crippen molar-refractivity contribution in [2.75, 3.05) is 13.7 Å². The quantitative estimate of drug-likeness (QED) is 0.678. The summed E-state index contributed by atoms with van der Waals surface area (Å²) in [5.74, 6) is 0. The van der Waals surface area contributed by atoms with Crippen LogP contribution in [0.25, 0.3) is 0 Å². The molecule has 0 radical (unpaired) electrons. The normalized spacial score (nSPS) is 12.7. The van der Waals surface area contributed by atoms with Gasteiger partial charge in [-0.05, 0) is 56.7 Å². The van der Waals surface area contributed by atoms with Crippen LogP contribution in [0.2, 0.25) is 5.02 Å². The maximum atomic E-state index is 10.7. The lowest BCUT2D eigenvalue weighted by Gasteiger charge is -2.16. The van der Waals surface area contributed by atoms with Crippen LogP contribution in [0.5, 0.6) is 0 Å². The molecule has 0 aliphatic carbocycles. The van der Waals surface area contributed by atoms with Gasteiger partial charge in [0, 0.05) is 21.3 Å². The largest absolute Gasteiger partial charge is 0.383 e. The first kappa shape index (κ1) is 16.2. The Labute approximate surface area is 144 Å². The molecule has 1 unspecified atom stereocenters. The highest BCUT2D eigenvalue weighted by Gasteiger charge is 2.21. The van der Waals surface area contributed by atoms with Crippen LogP contribution in [-0.4, -0.2) is 28.6 Å². The molecule has 4 nitrogen and oxygen atoms in total. The summed E-state index contributed by atoms with van der Waals surface area (Å²) < 4.78 is 8.50. The second-order valence-corrected chi connectivity index (χ2v) is 6.62. The first-order chi connectivity index (χ1) is 9.54. The Balaban J connectivity index is 2.39. The van der Waals surface area contributed by atoms with Crippen molar-refractivity contribution in [3.8, 4) is 0 Å². The van der Waals surface area contributed by atoms with Crippen LogP contribution in [0.4, 0.5) is 0 Å². The predicted octanol–water partition coefficient (Wildman–Crippen LogP) is 3.63. The van der Waals surface area contributed by atoms with E-state index in [2.05, 4.69) is 43.6 Å². The molecule has 1 heterocycles. The van der Waals surface area contributed by atoms with Crippen LogP contribution in [-0.2, 0) is 11.3 Å². The molecule has 0 aliphatic rings. The molecule has 1 aromatic carbocycles. The fourth-order valence-corrected chi connectivity index (χ4v) is 3.20. The minimum atomic E-state index is -0.797. The van der Waals surface area contributed by atoms with E-state index in [0.29, 0.717) is 23.9 Å². The molecular formula is C13H13BrClIN2O2. The van der Waals surface area contributed by atoms with Gasteiger partial charge in [-0.15, -0.1) is 0 Å². The van der Waals surface area contributed by atoms with Gasteiger partial charge < -0.3 is 9.84 Å². The molecule has 0 saturated carbocycles. The lowest BCUT2D eigenvalue weighted by atomic mass is 10.1. The molecule has 0 spiro atoms. The third kappa shape index (κ3) is 3.54. The molecule has 1 N–H and O–H groups in total. The highest BCUT2D eigenvalue weighted by Crippen LogP contribution is 2.32. The van der Waals surface area contributed by atoms with E-state index >= 15 is 0 Å². The molecule has 20 heavy (non-hydrogen) atoms. The summed E-state index contributed by atoms with van der Waals surface area (Å²) in [6.45, 7) is 1.10. The van der Waals surface area contributed by atoms with Crippen molar-refractivity contribution in [2.24, 2.45) is 0 Å². The molecule has 0 amide bonds. The summed E-state index contributed by atoms with van der Waals surface area (Å²) in [5.41, 5.74) is 1.46. The standard InChI is InChI=1S/C13H13BrClIN2O2/c1-20-5-4-18-12(10(14)7-17-18)13(19)9-6-8(15)2-3-11(9)16/h2-3,6-7,13,19H,4-5H2,1H3. The van der Waals surface area contributed by atoms with Gasteiger partial charge in [0.15, 0.2) is 0 Å². The molecule has 2 rings (SSSR count). The van der Waals surface area contributed by atoms with Gasteiger partial charge in [-0.2, -0.15) is 5.10 Å². The molecule has 0 saturated heterocycles. The van der Waals surface area contributed by atoms with Gasteiger partial charge in [-0.3, -0.25) is 4.68 Å². The van der Waals surface area contributed by atoms with E-state index in [0.717, 1.165) is 13.6 Å². The summed E-state index contributed by atoms with van der Waals surface area (Å²) in [4.78, 5) is 0. The Hall–Kier alpha value is -0.150. The molecule has 2 aromatic rings. The van der Waals surface area contributed by atoms with Gasteiger partial charge >= 0.3 is 0 Å². The van der Waals surface area contributed by atoms with E-state index in [1.54, 1.807) is 30.1 Å². The number of halogens is 3. The third-order valence-corrected chi connectivity index (χ3v) is 4.68. The topological polar surface area (TPSA) is 47.3 Å². The Morgan fingerprint density at radius 1 is 1.55 bits per heavy atom. The number of methoxy groups -OCH3 is 1. The summed E-state index contributed by atoms with van der Waals surface area (Å²) in [6.07, 6.45) is 0.875. The van der Waals surface area contributed by atoms with Crippen molar-refractivity contribution >= 4 is 50.1 Å². The third-order valence-electron chi connectivity index (χ3n) is 2.85. The number of nitrogens with zero attached hydrogens (tertiary/aromatic N) is 2. The molecule has 1 atom stereocenters. The lowest BCUT2D eigenvalue weighted by Crippen LogP contribution is -2.14. The second-order valence-electron chi connectivity index (χ2n) is 4.16. The summed E-state index contributed by atoms with van der Waals surface area (Å²) in [5, 5.41) is 15.5. The number of benzene rings is 1. The van der Waals surface area contributed by atoms with Crippen LogP contribution in [0.3, 0.4) is 0 Å². The number of hydrogen-bond acceptors (Lipinski definition) is 3. The lowest BCUT2D eigenvalue weighted by molar-refractivity contribution is 0.171. The van der Waals surface area contributed by atoms with Crippen LogP contribution in [0.1, 0.15) is 17.4 Å². The first-order valence-electron chi connectivity index (χ1n) is 5.87. The number of aromatic nitrogens is 2. The summed E-state index contributed by atoms with van der Waals surface area (Å²) in [6, 6.07) is 5.45. The average molecular weight is 472 g/mol. The highest BCUT2D eigenvalue weighted by molar-refractivity contribution is 14.1. The predicted molar refractivity (Wildman–Crippen MR) is 90.0 cm³/mol. The summed E-state index contributed by atoms with van der Waals surface area (Å²) >= 11 is 11.6. The highest BCUT2D eigenvalue weighted by atomic mass is 127. The van der Waals surface area contributed by atoms with Crippen molar-refractivity contribution in [1.82, 2.24) is 9.78 Å². The zero-order valence-electron chi connectivity index (χ0n) is 10.7. The zero-order valence-corrected chi connectivity index (χ0v) is 15.2. The van der Waals surface area contributed by atoms with Crippen molar-refractivity contribution < 1.29 is 9.84 Å². The Morgan fingerprint density at radius 2 is 2.30 bits per heavy atom. The maximum absolute atomic E-state index is 10.7. The van der Waals surface area contributed by atoms with Gasteiger partial charge in [0.2, 0.25) is 0 Å².